The van der Waals surface area contributed by atoms with Crippen molar-refractivity contribution in [1.82, 2.24) is 10.2 Å². The van der Waals surface area contributed by atoms with Gasteiger partial charge < -0.3 is 5.32 Å². The average Bonchev–Trinajstić information content (AvgIpc) is 2.86. The molecule has 2 rings (SSSR count). The summed E-state index contributed by atoms with van der Waals surface area (Å²) in [5, 5.41) is 3.07. The lowest BCUT2D eigenvalue weighted by atomic mass is 10.1. The molecule has 1 aromatic rings. The highest BCUT2D eigenvalue weighted by Gasteiger charge is 2.22. The van der Waals surface area contributed by atoms with Gasteiger partial charge in [0.25, 0.3) is 0 Å². The van der Waals surface area contributed by atoms with Crippen LogP contribution < -0.4 is 5.32 Å². The van der Waals surface area contributed by atoms with E-state index in [1.807, 2.05) is 12.1 Å². The monoisotopic (exact) mass is 260 g/mol. The lowest BCUT2D eigenvalue weighted by Crippen LogP contribution is -2.40. The molecule has 104 valence electrons. The fourth-order valence-electron chi connectivity index (χ4n) is 2.73. The zero-order valence-electron chi connectivity index (χ0n) is 12.0. The minimum Gasteiger partial charge on any atom is -0.354 e. The number of likely N-dealkylation sites (tertiary alicyclic amines) is 1. The van der Waals surface area contributed by atoms with Crippen LogP contribution in [0.3, 0.4) is 0 Å². The van der Waals surface area contributed by atoms with E-state index in [4.69, 9.17) is 0 Å². The first-order valence-electron chi connectivity index (χ1n) is 7.25. The van der Waals surface area contributed by atoms with Crippen LogP contribution in [0, 0.1) is 6.92 Å². The summed E-state index contributed by atoms with van der Waals surface area (Å²) in [6.45, 7) is 7.29. The van der Waals surface area contributed by atoms with Gasteiger partial charge in [0, 0.05) is 12.6 Å². The van der Waals surface area contributed by atoms with Gasteiger partial charge >= 0.3 is 0 Å². The molecule has 1 aliphatic rings. The van der Waals surface area contributed by atoms with Crippen LogP contribution in [0.2, 0.25) is 0 Å². The second kappa shape index (κ2) is 6.71. The predicted octanol–water partition coefficient (Wildman–Crippen LogP) is 2.14. The summed E-state index contributed by atoms with van der Waals surface area (Å²) in [6, 6.07) is 8.70. The molecule has 1 saturated heterocycles. The molecule has 1 heterocycles. The van der Waals surface area contributed by atoms with Gasteiger partial charge in [-0.3, -0.25) is 9.69 Å². The number of hydrogen-bond acceptors (Lipinski definition) is 2. The third-order valence-electron chi connectivity index (χ3n) is 3.93. The standard InChI is InChI=1S/C16H24N2O/c1-3-18-10-4-5-15(18)12-17-16(19)11-14-8-6-13(2)7-9-14/h6-9,15H,3-5,10-12H2,1-2H3,(H,17,19)/t15-/m1/s1. The predicted molar refractivity (Wildman–Crippen MR) is 78.2 cm³/mol. The van der Waals surface area contributed by atoms with Gasteiger partial charge in [0.15, 0.2) is 0 Å². The van der Waals surface area contributed by atoms with Crippen molar-refractivity contribution in [3.05, 3.63) is 35.4 Å². The largest absolute Gasteiger partial charge is 0.354 e. The van der Waals surface area contributed by atoms with E-state index in [0.29, 0.717) is 12.5 Å². The molecule has 3 nitrogen and oxygen atoms in total. The molecule has 1 aliphatic heterocycles. The Hall–Kier alpha value is -1.35. The number of carbonyl (C=O) groups excluding carboxylic acids is 1. The van der Waals surface area contributed by atoms with E-state index < -0.39 is 0 Å². The SMILES string of the molecule is CCN1CCC[C@@H]1CNC(=O)Cc1ccc(C)cc1. The molecular formula is C16H24N2O. The van der Waals surface area contributed by atoms with Crippen molar-refractivity contribution >= 4 is 5.91 Å². The summed E-state index contributed by atoms with van der Waals surface area (Å²) >= 11 is 0. The zero-order valence-corrected chi connectivity index (χ0v) is 12.0. The maximum absolute atomic E-state index is 11.9. The molecular weight excluding hydrogens is 236 g/mol. The highest BCUT2D eigenvalue weighted by Crippen LogP contribution is 2.15. The Morgan fingerprint density at radius 2 is 2.11 bits per heavy atom. The van der Waals surface area contributed by atoms with Gasteiger partial charge in [0.05, 0.1) is 6.42 Å². The van der Waals surface area contributed by atoms with Crippen molar-refractivity contribution < 1.29 is 4.79 Å². The van der Waals surface area contributed by atoms with Crippen LogP contribution in [0.4, 0.5) is 0 Å². The van der Waals surface area contributed by atoms with Crippen molar-refractivity contribution in [3.8, 4) is 0 Å². The molecule has 0 bridgehead atoms. The lowest BCUT2D eigenvalue weighted by molar-refractivity contribution is -0.120. The Balaban J connectivity index is 1.77. The molecule has 1 atom stereocenters. The lowest BCUT2D eigenvalue weighted by Gasteiger charge is -2.22. The van der Waals surface area contributed by atoms with Crippen LogP contribution in [0.5, 0.6) is 0 Å². The van der Waals surface area contributed by atoms with Crippen molar-refractivity contribution in [2.24, 2.45) is 0 Å². The van der Waals surface area contributed by atoms with Gasteiger partial charge in [-0.25, -0.2) is 0 Å². The normalized spacial score (nSPS) is 19.6. The first-order chi connectivity index (χ1) is 9.19. The summed E-state index contributed by atoms with van der Waals surface area (Å²) in [4.78, 5) is 14.4. The zero-order chi connectivity index (χ0) is 13.7. The first kappa shape index (κ1) is 14.1. The minimum absolute atomic E-state index is 0.131. The number of rotatable bonds is 5. The Morgan fingerprint density at radius 3 is 2.79 bits per heavy atom. The van der Waals surface area contributed by atoms with Gasteiger partial charge in [-0.15, -0.1) is 0 Å². The summed E-state index contributed by atoms with van der Waals surface area (Å²) in [6.07, 6.45) is 2.95. The van der Waals surface area contributed by atoms with E-state index in [1.165, 1.54) is 24.9 Å². The van der Waals surface area contributed by atoms with E-state index in [0.717, 1.165) is 18.7 Å². The number of likely N-dealkylation sites (N-methyl/N-ethyl adjacent to an activating group) is 1. The van der Waals surface area contributed by atoms with Gasteiger partial charge in [-0.1, -0.05) is 36.8 Å². The molecule has 19 heavy (non-hydrogen) atoms. The second-order valence-electron chi connectivity index (χ2n) is 5.39. The molecule has 1 N–H and O–H groups in total. The molecule has 0 aromatic heterocycles. The highest BCUT2D eigenvalue weighted by molar-refractivity contribution is 5.78. The van der Waals surface area contributed by atoms with Crippen LogP contribution in [0.25, 0.3) is 0 Å². The summed E-state index contributed by atoms with van der Waals surface area (Å²) in [5.74, 6) is 0.131. The van der Waals surface area contributed by atoms with E-state index in [-0.39, 0.29) is 5.91 Å². The summed E-state index contributed by atoms with van der Waals surface area (Å²) in [7, 11) is 0. The highest BCUT2D eigenvalue weighted by atomic mass is 16.1. The maximum atomic E-state index is 11.9. The van der Waals surface area contributed by atoms with Crippen LogP contribution >= 0.6 is 0 Å². The maximum Gasteiger partial charge on any atom is 0.224 e. The van der Waals surface area contributed by atoms with E-state index in [2.05, 4.69) is 36.2 Å². The van der Waals surface area contributed by atoms with Crippen molar-refractivity contribution in [2.75, 3.05) is 19.6 Å². The summed E-state index contributed by atoms with van der Waals surface area (Å²) < 4.78 is 0. The molecule has 0 saturated carbocycles. The fourth-order valence-corrected chi connectivity index (χ4v) is 2.73. The number of carbonyl (C=O) groups is 1. The number of nitrogens with one attached hydrogen (secondary N) is 1. The first-order valence-corrected chi connectivity index (χ1v) is 7.25. The molecule has 0 aliphatic carbocycles. The van der Waals surface area contributed by atoms with Gasteiger partial charge in [-0.2, -0.15) is 0 Å². The Labute approximate surface area is 116 Å². The number of nitrogens with zero attached hydrogens (tertiary/aromatic N) is 1. The van der Waals surface area contributed by atoms with Gasteiger partial charge in [0.2, 0.25) is 5.91 Å². The van der Waals surface area contributed by atoms with Crippen molar-refractivity contribution in [1.29, 1.82) is 0 Å². The average molecular weight is 260 g/mol. The number of amides is 1. The number of aryl methyl sites for hydroxylation is 1. The van der Waals surface area contributed by atoms with Crippen LogP contribution in [-0.2, 0) is 11.2 Å². The van der Waals surface area contributed by atoms with Crippen LogP contribution in [0.1, 0.15) is 30.9 Å². The quantitative estimate of drug-likeness (QED) is 0.879. The smallest absolute Gasteiger partial charge is 0.224 e. The van der Waals surface area contributed by atoms with Crippen molar-refractivity contribution in [3.63, 3.8) is 0 Å². The topological polar surface area (TPSA) is 32.3 Å². The Kier molecular flexibility index (Phi) is 4.97. The van der Waals surface area contributed by atoms with Gasteiger partial charge in [-0.05, 0) is 38.4 Å². The summed E-state index contributed by atoms with van der Waals surface area (Å²) in [5.41, 5.74) is 2.32. The molecule has 1 aromatic carbocycles. The molecule has 0 unspecified atom stereocenters. The number of hydrogen-bond donors (Lipinski definition) is 1. The van der Waals surface area contributed by atoms with Gasteiger partial charge in [0.1, 0.15) is 0 Å². The van der Waals surface area contributed by atoms with Crippen molar-refractivity contribution in [2.45, 2.75) is 39.2 Å². The number of benzene rings is 1. The third kappa shape index (κ3) is 4.06. The second-order valence-corrected chi connectivity index (χ2v) is 5.39. The molecule has 0 spiro atoms. The van der Waals surface area contributed by atoms with E-state index in [9.17, 15) is 4.79 Å². The minimum atomic E-state index is 0.131. The van der Waals surface area contributed by atoms with Crippen LogP contribution in [-0.4, -0.2) is 36.5 Å². The molecule has 1 fully saturated rings. The van der Waals surface area contributed by atoms with Crippen LogP contribution in [0.15, 0.2) is 24.3 Å². The Bertz CT molecular complexity index is 413. The molecule has 1 amide bonds. The van der Waals surface area contributed by atoms with E-state index >= 15 is 0 Å². The molecule has 0 radical (unpaired) electrons. The molecule has 3 heteroatoms. The fraction of sp³-hybridized carbons (Fsp3) is 0.562. The Morgan fingerprint density at radius 1 is 1.37 bits per heavy atom. The third-order valence-corrected chi connectivity index (χ3v) is 3.93. The van der Waals surface area contributed by atoms with E-state index in [1.54, 1.807) is 0 Å².